The highest BCUT2D eigenvalue weighted by atomic mass is 79.9. The Morgan fingerprint density at radius 2 is 2.21 bits per heavy atom. The van der Waals surface area contributed by atoms with Gasteiger partial charge in [-0.25, -0.2) is 4.39 Å². The Hall–Kier alpha value is -0.900. The molecule has 0 spiro atoms. The minimum atomic E-state index is -0.401. The zero-order chi connectivity index (χ0) is 10.9. The van der Waals surface area contributed by atoms with Crippen molar-refractivity contribution < 1.29 is 9.18 Å². The first kappa shape index (κ1) is 11.2. The fourth-order valence-corrected chi connectivity index (χ4v) is 1.84. The van der Waals surface area contributed by atoms with Crippen LogP contribution in [0.2, 0.25) is 0 Å². The zero-order valence-corrected chi connectivity index (χ0v) is 9.61. The van der Waals surface area contributed by atoms with Gasteiger partial charge in [-0.05, 0) is 34.5 Å². The smallest absolute Gasteiger partial charge is 0.165 e. The lowest BCUT2D eigenvalue weighted by Gasteiger charge is -2.09. The molecular weight excluding hydrogens is 249 g/mol. The fourth-order valence-electron chi connectivity index (χ4n) is 1.20. The SMILES string of the molecule is CCC(=O)c1c(N)cc(F)c(C)c1Br. The largest absolute Gasteiger partial charge is 0.398 e. The molecular formula is C10H11BrFNO. The van der Waals surface area contributed by atoms with Gasteiger partial charge in [0.25, 0.3) is 0 Å². The van der Waals surface area contributed by atoms with Crippen LogP contribution in [-0.2, 0) is 0 Å². The summed E-state index contributed by atoms with van der Waals surface area (Å²) in [5.41, 5.74) is 6.56. The number of carbonyl (C=O) groups is 1. The Labute approximate surface area is 90.4 Å². The van der Waals surface area contributed by atoms with Crippen LogP contribution >= 0.6 is 15.9 Å². The average molecular weight is 260 g/mol. The van der Waals surface area contributed by atoms with Gasteiger partial charge in [-0.2, -0.15) is 0 Å². The van der Waals surface area contributed by atoms with Crippen LogP contribution in [0, 0.1) is 12.7 Å². The highest BCUT2D eigenvalue weighted by molar-refractivity contribution is 9.10. The van der Waals surface area contributed by atoms with Crippen molar-refractivity contribution in [3.8, 4) is 0 Å². The molecule has 0 unspecified atom stereocenters. The summed E-state index contributed by atoms with van der Waals surface area (Å²) in [4.78, 5) is 11.5. The average Bonchev–Trinajstić information content (AvgIpc) is 2.14. The predicted octanol–water partition coefficient (Wildman–Crippen LogP) is 3.07. The van der Waals surface area contributed by atoms with Crippen molar-refractivity contribution in [1.82, 2.24) is 0 Å². The Balaban J connectivity index is 3.44. The maximum absolute atomic E-state index is 13.2. The molecule has 0 fully saturated rings. The van der Waals surface area contributed by atoms with Gasteiger partial charge in [0.1, 0.15) is 5.82 Å². The molecule has 0 aliphatic rings. The van der Waals surface area contributed by atoms with E-state index >= 15 is 0 Å². The van der Waals surface area contributed by atoms with E-state index in [2.05, 4.69) is 15.9 Å². The highest BCUT2D eigenvalue weighted by Gasteiger charge is 2.16. The van der Waals surface area contributed by atoms with Gasteiger partial charge >= 0.3 is 0 Å². The molecule has 2 nitrogen and oxygen atoms in total. The Kier molecular flexibility index (Phi) is 3.26. The van der Waals surface area contributed by atoms with Crippen molar-refractivity contribution >= 4 is 27.4 Å². The molecule has 0 aliphatic heterocycles. The molecule has 1 aromatic carbocycles. The molecule has 0 aliphatic carbocycles. The number of Topliss-reactive ketones (excluding diaryl/α,β-unsaturated/α-hetero) is 1. The number of halogens is 2. The number of rotatable bonds is 2. The highest BCUT2D eigenvalue weighted by Crippen LogP contribution is 2.29. The van der Waals surface area contributed by atoms with Crippen molar-refractivity contribution in [1.29, 1.82) is 0 Å². The van der Waals surface area contributed by atoms with E-state index in [0.717, 1.165) is 0 Å². The van der Waals surface area contributed by atoms with Crippen LogP contribution in [0.5, 0.6) is 0 Å². The second-order valence-electron chi connectivity index (χ2n) is 3.04. The Morgan fingerprint density at radius 1 is 1.64 bits per heavy atom. The van der Waals surface area contributed by atoms with Crippen LogP contribution in [0.4, 0.5) is 10.1 Å². The zero-order valence-electron chi connectivity index (χ0n) is 8.03. The van der Waals surface area contributed by atoms with Crippen molar-refractivity contribution in [3.63, 3.8) is 0 Å². The van der Waals surface area contributed by atoms with E-state index in [9.17, 15) is 9.18 Å². The van der Waals surface area contributed by atoms with E-state index in [-0.39, 0.29) is 11.5 Å². The number of benzene rings is 1. The molecule has 0 atom stereocenters. The summed E-state index contributed by atoms with van der Waals surface area (Å²) in [6, 6.07) is 1.18. The number of nitrogen functional groups attached to an aromatic ring is 1. The molecule has 2 N–H and O–H groups in total. The first-order valence-corrected chi connectivity index (χ1v) is 5.05. The van der Waals surface area contributed by atoms with Gasteiger partial charge in [-0.15, -0.1) is 0 Å². The summed E-state index contributed by atoms with van der Waals surface area (Å²) in [5.74, 6) is -0.487. The first-order valence-electron chi connectivity index (χ1n) is 4.26. The summed E-state index contributed by atoms with van der Waals surface area (Å²) in [5, 5.41) is 0. The van der Waals surface area contributed by atoms with Crippen molar-refractivity contribution in [3.05, 3.63) is 27.5 Å². The normalized spacial score (nSPS) is 10.3. The monoisotopic (exact) mass is 259 g/mol. The number of ketones is 1. The molecule has 0 saturated heterocycles. The lowest BCUT2D eigenvalue weighted by atomic mass is 10.0. The standard InChI is InChI=1S/C10H11BrFNO/c1-3-8(14)9-7(13)4-6(12)5(2)10(9)11/h4H,3,13H2,1-2H3. The fraction of sp³-hybridized carbons (Fsp3) is 0.300. The van der Waals surface area contributed by atoms with Crippen molar-refractivity contribution in [2.24, 2.45) is 0 Å². The third-order valence-electron chi connectivity index (χ3n) is 2.08. The minimum Gasteiger partial charge on any atom is -0.398 e. The molecule has 0 aromatic heterocycles. The number of hydrogen-bond acceptors (Lipinski definition) is 2. The van der Waals surface area contributed by atoms with Gasteiger partial charge in [0.05, 0.1) is 5.56 Å². The van der Waals surface area contributed by atoms with E-state index in [1.54, 1.807) is 13.8 Å². The lowest BCUT2D eigenvalue weighted by molar-refractivity contribution is 0.0988. The molecule has 14 heavy (non-hydrogen) atoms. The first-order chi connectivity index (χ1) is 6.49. The number of nitrogens with two attached hydrogens (primary N) is 1. The predicted molar refractivity (Wildman–Crippen MR) is 57.9 cm³/mol. The van der Waals surface area contributed by atoms with Gasteiger partial charge < -0.3 is 5.73 Å². The van der Waals surface area contributed by atoms with Crippen LogP contribution in [0.3, 0.4) is 0 Å². The topological polar surface area (TPSA) is 43.1 Å². The van der Waals surface area contributed by atoms with Crippen LogP contribution in [0.1, 0.15) is 29.3 Å². The van der Waals surface area contributed by atoms with E-state index in [1.807, 2.05) is 0 Å². The summed E-state index contributed by atoms with van der Waals surface area (Å²) < 4.78 is 13.6. The molecule has 76 valence electrons. The van der Waals surface area contributed by atoms with E-state index < -0.39 is 5.82 Å². The van der Waals surface area contributed by atoms with E-state index in [0.29, 0.717) is 22.0 Å². The summed E-state index contributed by atoms with van der Waals surface area (Å²) >= 11 is 3.18. The van der Waals surface area contributed by atoms with Gasteiger partial charge in [-0.3, -0.25) is 4.79 Å². The molecule has 4 heteroatoms. The molecule has 0 saturated carbocycles. The Bertz CT molecular complexity index is 390. The second-order valence-corrected chi connectivity index (χ2v) is 3.83. The summed E-state index contributed by atoms with van der Waals surface area (Å²) in [6.07, 6.45) is 0.355. The Morgan fingerprint density at radius 3 is 2.71 bits per heavy atom. The maximum Gasteiger partial charge on any atom is 0.165 e. The maximum atomic E-state index is 13.2. The van der Waals surface area contributed by atoms with Gasteiger partial charge in [0.2, 0.25) is 0 Å². The molecule has 0 heterocycles. The van der Waals surface area contributed by atoms with Crippen molar-refractivity contribution in [2.45, 2.75) is 20.3 Å². The van der Waals surface area contributed by atoms with Crippen LogP contribution in [0.25, 0.3) is 0 Å². The van der Waals surface area contributed by atoms with Crippen LogP contribution in [0.15, 0.2) is 10.5 Å². The van der Waals surface area contributed by atoms with Gasteiger partial charge in [0.15, 0.2) is 5.78 Å². The van der Waals surface area contributed by atoms with Crippen molar-refractivity contribution in [2.75, 3.05) is 5.73 Å². The van der Waals surface area contributed by atoms with E-state index in [1.165, 1.54) is 6.07 Å². The quantitative estimate of drug-likeness (QED) is 0.656. The second kappa shape index (κ2) is 4.09. The summed E-state index contributed by atoms with van der Waals surface area (Å²) in [6.45, 7) is 3.35. The number of hydrogen-bond donors (Lipinski definition) is 1. The number of anilines is 1. The molecule has 0 bridgehead atoms. The molecule has 0 amide bonds. The molecule has 1 aromatic rings. The summed E-state index contributed by atoms with van der Waals surface area (Å²) in [7, 11) is 0. The third-order valence-corrected chi connectivity index (χ3v) is 3.07. The molecule has 0 radical (unpaired) electrons. The van der Waals surface area contributed by atoms with Gasteiger partial charge in [-0.1, -0.05) is 6.92 Å². The third kappa shape index (κ3) is 1.80. The minimum absolute atomic E-state index is 0.0857. The lowest BCUT2D eigenvalue weighted by Crippen LogP contribution is -2.06. The van der Waals surface area contributed by atoms with Gasteiger partial charge in [0, 0.05) is 16.6 Å². The van der Waals surface area contributed by atoms with E-state index in [4.69, 9.17) is 5.73 Å². The van der Waals surface area contributed by atoms with Crippen LogP contribution < -0.4 is 5.73 Å². The van der Waals surface area contributed by atoms with Crippen LogP contribution in [-0.4, -0.2) is 5.78 Å². The molecule has 1 rings (SSSR count). The number of carbonyl (C=O) groups excluding carboxylic acids is 1.